The first kappa shape index (κ1) is 13.3. The van der Waals surface area contributed by atoms with Crippen LogP contribution in [0.15, 0.2) is 22.8 Å². The zero-order valence-corrected chi connectivity index (χ0v) is 9.97. The molecule has 0 saturated carbocycles. The smallest absolute Gasteiger partial charge is 0.304 e. The van der Waals surface area contributed by atoms with E-state index in [-0.39, 0.29) is 12.3 Å². The van der Waals surface area contributed by atoms with E-state index in [4.69, 9.17) is 9.52 Å². The maximum absolute atomic E-state index is 11.8. The minimum Gasteiger partial charge on any atom is -0.481 e. The summed E-state index contributed by atoms with van der Waals surface area (Å²) in [7, 11) is 0. The number of nitrogens with one attached hydrogen (secondary N) is 1. The highest BCUT2D eigenvalue weighted by atomic mass is 16.4. The fraction of sp³-hybridized carbons (Fsp3) is 0.500. The number of amides is 1. The molecule has 0 aromatic carbocycles. The predicted molar refractivity (Wildman–Crippen MR) is 61.5 cm³/mol. The summed E-state index contributed by atoms with van der Waals surface area (Å²) < 4.78 is 5.10. The molecule has 1 aromatic heterocycles. The van der Waals surface area contributed by atoms with Crippen LogP contribution in [0.2, 0.25) is 0 Å². The number of hydrogen-bond donors (Lipinski definition) is 2. The SMILES string of the molecule is CC(C)CNC(=O)C(CC(=O)O)c1ccco1. The second kappa shape index (κ2) is 6.08. The van der Waals surface area contributed by atoms with Gasteiger partial charge in [-0.25, -0.2) is 0 Å². The van der Waals surface area contributed by atoms with Crippen molar-refractivity contribution in [2.24, 2.45) is 5.92 Å². The summed E-state index contributed by atoms with van der Waals surface area (Å²) in [6, 6.07) is 3.25. The van der Waals surface area contributed by atoms with Crippen molar-refractivity contribution in [2.75, 3.05) is 6.54 Å². The molecule has 1 rings (SSSR count). The summed E-state index contributed by atoms with van der Waals surface area (Å²) in [5.74, 6) is -1.39. The second-order valence-corrected chi connectivity index (χ2v) is 4.30. The van der Waals surface area contributed by atoms with Gasteiger partial charge in [0.25, 0.3) is 0 Å². The van der Waals surface area contributed by atoms with E-state index in [0.717, 1.165) is 0 Å². The zero-order chi connectivity index (χ0) is 12.8. The van der Waals surface area contributed by atoms with Crippen molar-refractivity contribution in [2.45, 2.75) is 26.2 Å². The van der Waals surface area contributed by atoms with E-state index in [0.29, 0.717) is 18.2 Å². The monoisotopic (exact) mass is 239 g/mol. The van der Waals surface area contributed by atoms with Crippen molar-refractivity contribution in [1.82, 2.24) is 5.32 Å². The molecule has 0 spiro atoms. The summed E-state index contributed by atoms with van der Waals surface area (Å²) in [5.41, 5.74) is 0. The number of carbonyl (C=O) groups excluding carboxylic acids is 1. The molecule has 0 fully saturated rings. The van der Waals surface area contributed by atoms with Crippen LogP contribution in [0.5, 0.6) is 0 Å². The van der Waals surface area contributed by atoms with Gasteiger partial charge >= 0.3 is 5.97 Å². The van der Waals surface area contributed by atoms with Gasteiger partial charge in [0.1, 0.15) is 11.7 Å². The molecule has 0 bridgehead atoms. The van der Waals surface area contributed by atoms with Crippen LogP contribution < -0.4 is 5.32 Å². The molecule has 0 radical (unpaired) electrons. The topological polar surface area (TPSA) is 79.5 Å². The van der Waals surface area contributed by atoms with Crippen LogP contribution in [-0.4, -0.2) is 23.5 Å². The Morgan fingerprint density at radius 2 is 2.18 bits per heavy atom. The minimum atomic E-state index is -1.02. The summed E-state index contributed by atoms with van der Waals surface area (Å²) in [4.78, 5) is 22.6. The minimum absolute atomic E-state index is 0.266. The molecule has 1 amide bonds. The normalized spacial score (nSPS) is 12.4. The van der Waals surface area contributed by atoms with Crippen LogP contribution in [0.25, 0.3) is 0 Å². The number of carboxylic acid groups (broad SMARTS) is 1. The second-order valence-electron chi connectivity index (χ2n) is 4.30. The Labute approximate surface area is 99.8 Å². The molecule has 5 heteroatoms. The summed E-state index contributed by atoms with van der Waals surface area (Å²) in [5, 5.41) is 11.5. The Bertz CT molecular complexity index is 370. The van der Waals surface area contributed by atoms with Gasteiger partial charge in [-0.1, -0.05) is 13.8 Å². The first-order chi connectivity index (χ1) is 8.00. The van der Waals surface area contributed by atoms with Gasteiger partial charge in [-0.15, -0.1) is 0 Å². The van der Waals surface area contributed by atoms with E-state index in [9.17, 15) is 9.59 Å². The molecule has 1 aromatic rings. The Balaban J connectivity index is 2.69. The van der Waals surface area contributed by atoms with Crippen LogP contribution in [0.3, 0.4) is 0 Å². The third kappa shape index (κ3) is 4.30. The van der Waals surface area contributed by atoms with Crippen molar-refractivity contribution in [3.8, 4) is 0 Å². The molecule has 1 heterocycles. The molecule has 1 atom stereocenters. The van der Waals surface area contributed by atoms with Gasteiger partial charge in [0.15, 0.2) is 0 Å². The van der Waals surface area contributed by atoms with E-state index in [2.05, 4.69) is 5.32 Å². The first-order valence-electron chi connectivity index (χ1n) is 5.53. The standard InChI is InChI=1S/C12H17NO4/c1-8(2)7-13-12(16)9(6-11(14)15)10-4-3-5-17-10/h3-5,8-9H,6-7H2,1-2H3,(H,13,16)(H,14,15). The van der Waals surface area contributed by atoms with Crippen LogP contribution in [-0.2, 0) is 9.59 Å². The molecule has 0 aliphatic carbocycles. The molecular formula is C12H17NO4. The fourth-order valence-electron chi connectivity index (χ4n) is 1.41. The van der Waals surface area contributed by atoms with Gasteiger partial charge in [0.2, 0.25) is 5.91 Å². The number of aliphatic carboxylic acids is 1. The number of carboxylic acids is 1. The molecule has 94 valence electrons. The van der Waals surface area contributed by atoms with Crippen molar-refractivity contribution >= 4 is 11.9 Å². The van der Waals surface area contributed by atoms with E-state index in [1.807, 2.05) is 13.8 Å². The van der Waals surface area contributed by atoms with Crippen molar-refractivity contribution in [3.63, 3.8) is 0 Å². The number of furan rings is 1. The van der Waals surface area contributed by atoms with Crippen LogP contribution in [0, 0.1) is 5.92 Å². The Kier molecular flexibility index (Phi) is 4.75. The average Bonchev–Trinajstić information content (AvgIpc) is 2.75. The highest BCUT2D eigenvalue weighted by Gasteiger charge is 2.25. The van der Waals surface area contributed by atoms with Crippen LogP contribution in [0.4, 0.5) is 0 Å². The van der Waals surface area contributed by atoms with Gasteiger partial charge in [0.05, 0.1) is 12.7 Å². The summed E-state index contributed by atoms with van der Waals surface area (Å²) in [6.45, 7) is 4.47. The number of carbonyl (C=O) groups is 2. The van der Waals surface area contributed by atoms with Gasteiger partial charge in [-0.2, -0.15) is 0 Å². The highest BCUT2D eigenvalue weighted by molar-refractivity contribution is 5.87. The van der Waals surface area contributed by atoms with Gasteiger partial charge < -0.3 is 14.8 Å². The van der Waals surface area contributed by atoms with E-state index in [1.165, 1.54) is 6.26 Å². The molecular weight excluding hydrogens is 222 g/mol. The third-order valence-electron chi connectivity index (χ3n) is 2.27. The lowest BCUT2D eigenvalue weighted by molar-refractivity contribution is -0.139. The Morgan fingerprint density at radius 1 is 1.47 bits per heavy atom. The molecule has 0 saturated heterocycles. The highest BCUT2D eigenvalue weighted by Crippen LogP contribution is 2.20. The molecule has 0 aliphatic heterocycles. The Morgan fingerprint density at radius 3 is 2.65 bits per heavy atom. The van der Waals surface area contributed by atoms with Crippen molar-refractivity contribution in [1.29, 1.82) is 0 Å². The number of rotatable bonds is 6. The maximum Gasteiger partial charge on any atom is 0.304 e. The molecule has 5 nitrogen and oxygen atoms in total. The quantitative estimate of drug-likeness (QED) is 0.790. The van der Waals surface area contributed by atoms with Gasteiger partial charge in [-0.05, 0) is 18.1 Å². The largest absolute Gasteiger partial charge is 0.481 e. The maximum atomic E-state index is 11.8. The molecule has 2 N–H and O–H groups in total. The molecule has 17 heavy (non-hydrogen) atoms. The summed E-state index contributed by atoms with van der Waals surface area (Å²) >= 11 is 0. The predicted octanol–water partition coefficient (Wildman–Crippen LogP) is 1.61. The average molecular weight is 239 g/mol. The van der Waals surface area contributed by atoms with Crippen LogP contribution >= 0.6 is 0 Å². The zero-order valence-electron chi connectivity index (χ0n) is 9.97. The van der Waals surface area contributed by atoms with E-state index >= 15 is 0 Å². The van der Waals surface area contributed by atoms with Crippen molar-refractivity contribution < 1.29 is 19.1 Å². The summed E-state index contributed by atoms with van der Waals surface area (Å²) in [6.07, 6.45) is 1.16. The van der Waals surface area contributed by atoms with E-state index in [1.54, 1.807) is 12.1 Å². The lowest BCUT2D eigenvalue weighted by Crippen LogP contribution is -2.33. The van der Waals surface area contributed by atoms with Crippen molar-refractivity contribution in [3.05, 3.63) is 24.2 Å². The lowest BCUT2D eigenvalue weighted by Gasteiger charge is -2.14. The lowest BCUT2D eigenvalue weighted by atomic mass is 10.0. The van der Waals surface area contributed by atoms with Gasteiger partial charge in [-0.3, -0.25) is 9.59 Å². The fourth-order valence-corrected chi connectivity index (χ4v) is 1.41. The van der Waals surface area contributed by atoms with Crippen LogP contribution in [0.1, 0.15) is 31.9 Å². The molecule has 0 aliphatic rings. The third-order valence-corrected chi connectivity index (χ3v) is 2.27. The Hall–Kier alpha value is -1.78. The van der Waals surface area contributed by atoms with E-state index < -0.39 is 11.9 Å². The number of hydrogen-bond acceptors (Lipinski definition) is 3. The van der Waals surface area contributed by atoms with Gasteiger partial charge in [0, 0.05) is 6.54 Å². The first-order valence-corrected chi connectivity index (χ1v) is 5.53. The molecule has 1 unspecified atom stereocenters.